The van der Waals surface area contributed by atoms with Crippen LogP contribution in [-0.4, -0.2) is 72.7 Å². The largest absolute Gasteiger partial charge is 0.462 e. The summed E-state index contributed by atoms with van der Waals surface area (Å²) in [6, 6.07) is 13.6. The van der Waals surface area contributed by atoms with Gasteiger partial charge >= 0.3 is 6.01 Å². The van der Waals surface area contributed by atoms with Crippen LogP contribution in [0, 0.1) is 6.92 Å². The molecule has 2 aromatic carbocycles. The molecule has 0 unspecified atom stereocenters. The fraction of sp³-hybridized carbons (Fsp3) is 0.433. The summed E-state index contributed by atoms with van der Waals surface area (Å²) in [5.41, 5.74) is 4.58. The van der Waals surface area contributed by atoms with Crippen molar-refractivity contribution in [3.05, 3.63) is 65.6 Å². The van der Waals surface area contributed by atoms with E-state index < -0.39 is 11.7 Å². The number of piperazine rings is 1. The standard InChI is InChI=1S/C30H35FN6O2/c1-20-6-3-7-22-8-4-10-26(27(20)22)37-13-11-24-25(18-37)33-30(39-19-23-9-5-12-32-23)34-28(24)35-14-16-36(17-15-35)29(38)21(2)31/h3-4,6-8,10,23,32H,2,5,9,11-19H2,1H3/t23-/m0/s1. The van der Waals surface area contributed by atoms with Gasteiger partial charge in [0, 0.05) is 55.4 Å². The molecule has 9 heteroatoms. The average molecular weight is 531 g/mol. The van der Waals surface area contributed by atoms with Gasteiger partial charge in [0.15, 0.2) is 5.83 Å². The second-order valence-electron chi connectivity index (χ2n) is 10.7. The lowest BCUT2D eigenvalue weighted by molar-refractivity contribution is -0.128. The van der Waals surface area contributed by atoms with E-state index in [1.54, 1.807) is 0 Å². The molecule has 0 saturated carbocycles. The van der Waals surface area contributed by atoms with Gasteiger partial charge in [-0.2, -0.15) is 9.97 Å². The van der Waals surface area contributed by atoms with Gasteiger partial charge in [0.2, 0.25) is 0 Å². The highest BCUT2D eigenvalue weighted by atomic mass is 19.1. The number of anilines is 2. The van der Waals surface area contributed by atoms with E-state index in [0.29, 0.717) is 51.4 Å². The third kappa shape index (κ3) is 5.15. The van der Waals surface area contributed by atoms with E-state index in [1.807, 2.05) is 0 Å². The van der Waals surface area contributed by atoms with Crippen LogP contribution in [0.25, 0.3) is 10.8 Å². The third-order valence-corrected chi connectivity index (χ3v) is 8.13. The van der Waals surface area contributed by atoms with Gasteiger partial charge in [-0.25, -0.2) is 4.39 Å². The Morgan fingerprint density at radius 3 is 2.64 bits per heavy atom. The lowest BCUT2D eigenvalue weighted by atomic mass is 9.99. The lowest BCUT2D eigenvalue weighted by Crippen LogP contribution is -2.49. The quantitative estimate of drug-likeness (QED) is 0.487. The number of ether oxygens (including phenoxy) is 1. The molecule has 0 radical (unpaired) electrons. The Bertz CT molecular complexity index is 1390. The maximum Gasteiger partial charge on any atom is 0.318 e. The van der Waals surface area contributed by atoms with E-state index in [-0.39, 0.29) is 0 Å². The molecule has 1 aromatic heterocycles. The Balaban J connectivity index is 1.30. The topological polar surface area (TPSA) is 73.8 Å². The minimum Gasteiger partial charge on any atom is -0.462 e. The molecular weight excluding hydrogens is 495 g/mol. The number of rotatable bonds is 6. The van der Waals surface area contributed by atoms with Crippen molar-refractivity contribution in [1.29, 1.82) is 0 Å². The van der Waals surface area contributed by atoms with Crippen LogP contribution in [0.15, 0.2) is 48.8 Å². The van der Waals surface area contributed by atoms with Gasteiger partial charge in [-0.3, -0.25) is 4.79 Å². The minimum atomic E-state index is -0.914. The van der Waals surface area contributed by atoms with Crippen molar-refractivity contribution in [3.63, 3.8) is 0 Å². The number of nitrogens with one attached hydrogen (secondary N) is 1. The van der Waals surface area contributed by atoms with E-state index in [1.165, 1.54) is 26.9 Å². The van der Waals surface area contributed by atoms with Gasteiger partial charge in [0.1, 0.15) is 12.4 Å². The third-order valence-electron chi connectivity index (χ3n) is 8.13. The van der Waals surface area contributed by atoms with Crippen LogP contribution in [0.5, 0.6) is 6.01 Å². The maximum atomic E-state index is 13.4. The number of nitrogens with zero attached hydrogens (tertiary/aromatic N) is 5. The monoisotopic (exact) mass is 530 g/mol. The summed E-state index contributed by atoms with van der Waals surface area (Å²) >= 11 is 0. The molecule has 2 saturated heterocycles. The molecule has 4 heterocycles. The van der Waals surface area contributed by atoms with Crippen LogP contribution in [0.4, 0.5) is 15.9 Å². The van der Waals surface area contributed by atoms with Gasteiger partial charge in [0.25, 0.3) is 5.91 Å². The molecule has 6 rings (SSSR count). The Labute approximate surface area is 228 Å². The summed E-state index contributed by atoms with van der Waals surface area (Å²) in [7, 11) is 0. The molecule has 3 aromatic rings. The Kier molecular flexibility index (Phi) is 7.08. The first-order valence-electron chi connectivity index (χ1n) is 13.9. The van der Waals surface area contributed by atoms with Gasteiger partial charge in [0.05, 0.1) is 12.2 Å². The van der Waals surface area contributed by atoms with E-state index >= 15 is 0 Å². The highest BCUT2D eigenvalue weighted by Gasteiger charge is 2.30. The van der Waals surface area contributed by atoms with Crippen molar-refractivity contribution < 1.29 is 13.9 Å². The molecule has 1 atom stereocenters. The maximum absolute atomic E-state index is 13.4. The smallest absolute Gasteiger partial charge is 0.318 e. The zero-order valence-corrected chi connectivity index (χ0v) is 22.5. The highest BCUT2D eigenvalue weighted by Crippen LogP contribution is 2.35. The molecule has 0 aliphatic carbocycles. The van der Waals surface area contributed by atoms with Crippen LogP contribution in [0.2, 0.25) is 0 Å². The summed E-state index contributed by atoms with van der Waals surface area (Å²) in [6.45, 7) is 10.4. The number of fused-ring (bicyclic) bond motifs is 2. The number of hydrogen-bond acceptors (Lipinski definition) is 7. The van der Waals surface area contributed by atoms with Crippen molar-refractivity contribution in [2.45, 2.75) is 38.8 Å². The molecular formula is C30H35FN6O2. The number of hydrogen-bond donors (Lipinski definition) is 1. The molecule has 3 aliphatic heterocycles. The van der Waals surface area contributed by atoms with Gasteiger partial charge < -0.3 is 24.8 Å². The first-order chi connectivity index (χ1) is 19.0. The van der Waals surface area contributed by atoms with Crippen molar-refractivity contribution in [2.24, 2.45) is 0 Å². The molecule has 8 nitrogen and oxygen atoms in total. The minimum absolute atomic E-state index is 0.312. The molecule has 204 valence electrons. The molecule has 3 aliphatic rings. The zero-order valence-electron chi connectivity index (χ0n) is 22.5. The number of benzene rings is 2. The van der Waals surface area contributed by atoms with Gasteiger partial charge in [-0.1, -0.05) is 36.9 Å². The lowest BCUT2D eigenvalue weighted by Gasteiger charge is -2.38. The van der Waals surface area contributed by atoms with Gasteiger partial charge in [-0.15, -0.1) is 0 Å². The Morgan fingerprint density at radius 2 is 1.90 bits per heavy atom. The van der Waals surface area contributed by atoms with Crippen molar-refractivity contribution in [2.75, 3.05) is 55.7 Å². The second kappa shape index (κ2) is 10.8. The van der Waals surface area contributed by atoms with E-state index in [4.69, 9.17) is 14.7 Å². The number of carbonyl (C=O) groups is 1. The van der Waals surface area contributed by atoms with Crippen molar-refractivity contribution in [3.8, 4) is 6.01 Å². The SMILES string of the molecule is C=C(F)C(=O)N1CCN(c2nc(OC[C@@H]3CCCN3)nc3c2CCN(c2cccc4cccc(C)c24)C3)CC1. The highest BCUT2D eigenvalue weighted by molar-refractivity contribution is 5.97. The van der Waals surface area contributed by atoms with Crippen LogP contribution in [0.3, 0.4) is 0 Å². The normalized spacial score (nSPS) is 19.3. The van der Waals surface area contributed by atoms with Crippen molar-refractivity contribution in [1.82, 2.24) is 20.2 Å². The van der Waals surface area contributed by atoms with E-state index in [2.05, 4.69) is 65.0 Å². The molecule has 1 N–H and O–H groups in total. The first kappa shape index (κ1) is 25.6. The van der Waals surface area contributed by atoms with E-state index in [9.17, 15) is 9.18 Å². The van der Waals surface area contributed by atoms with Crippen LogP contribution in [0.1, 0.15) is 29.7 Å². The molecule has 0 spiro atoms. The van der Waals surface area contributed by atoms with Crippen LogP contribution >= 0.6 is 0 Å². The number of aryl methyl sites for hydroxylation is 1. The molecule has 2 fully saturated rings. The number of amides is 1. The number of aromatic nitrogens is 2. The number of carbonyl (C=O) groups excluding carboxylic acids is 1. The number of halogens is 1. The molecule has 1 amide bonds. The summed E-state index contributed by atoms with van der Waals surface area (Å²) in [6.07, 6.45) is 3.04. The summed E-state index contributed by atoms with van der Waals surface area (Å²) in [5, 5.41) is 5.98. The van der Waals surface area contributed by atoms with Crippen LogP contribution < -0.4 is 19.9 Å². The van der Waals surface area contributed by atoms with Crippen molar-refractivity contribution >= 4 is 28.2 Å². The fourth-order valence-corrected chi connectivity index (χ4v) is 6.06. The summed E-state index contributed by atoms with van der Waals surface area (Å²) in [5.74, 6) is -0.675. The molecule has 39 heavy (non-hydrogen) atoms. The van der Waals surface area contributed by atoms with E-state index in [0.717, 1.165) is 49.4 Å². The fourth-order valence-electron chi connectivity index (χ4n) is 6.06. The summed E-state index contributed by atoms with van der Waals surface area (Å²) < 4.78 is 19.6. The predicted octanol–water partition coefficient (Wildman–Crippen LogP) is 3.76. The van der Waals surface area contributed by atoms with Gasteiger partial charge in [-0.05, 0) is 49.7 Å². The first-order valence-corrected chi connectivity index (χ1v) is 13.9. The predicted molar refractivity (Wildman–Crippen MR) is 151 cm³/mol. The second-order valence-corrected chi connectivity index (χ2v) is 10.7. The van der Waals surface area contributed by atoms with Crippen LogP contribution in [-0.2, 0) is 17.8 Å². The summed E-state index contributed by atoms with van der Waals surface area (Å²) in [4.78, 5) is 28.0. The Morgan fingerprint density at radius 1 is 1.10 bits per heavy atom. The average Bonchev–Trinajstić information content (AvgIpc) is 3.49. The Hall–Kier alpha value is -3.72. The molecule has 0 bridgehead atoms. The zero-order chi connectivity index (χ0) is 26.9.